The van der Waals surface area contributed by atoms with E-state index >= 15 is 0 Å². The molecule has 1 aromatic rings. The van der Waals surface area contributed by atoms with Gasteiger partial charge in [0.25, 0.3) is 0 Å². The Hall–Kier alpha value is -1.11. The fourth-order valence-corrected chi connectivity index (χ4v) is 3.01. The second-order valence-electron chi connectivity index (χ2n) is 6.15. The molecule has 0 spiro atoms. The Morgan fingerprint density at radius 3 is 2.50 bits per heavy atom. The molecule has 0 N–H and O–H groups in total. The third kappa shape index (κ3) is 2.66. The van der Waals surface area contributed by atoms with E-state index < -0.39 is 0 Å². The van der Waals surface area contributed by atoms with E-state index in [1.165, 1.54) is 12.0 Å². The van der Waals surface area contributed by atoms with Crippen LogP contribution in [0.2, 0.25) is 0 Å². The van der Waals surface area contributed by atoms with Gasteiger partial charge in [-0.1, -0.05) is 31.5 Å². The van der Waals surface area contributed by atoms with Crippen molar-refractivity contribution in [1.82, 2.24) is 0 Å². The molecule has 3 unspecified atom stereocenters. The first-order chi connectivity index (χ1) is 8.49. The summed E-state index contributed by atoms with van der Waals surface area (Å²) >= 11 is 0. The minimum atomic E-state index is 0.247. The van der Waals surface area contributed by atoms with Crippen LogP contribution in [0.25, 0.3) is 0 Å². The summed E-state index contributed by atoms with van der Waals surface area (Å²) in [6, 6.07) is 6.20. The van der Waals surface area contributed by atoms with Crippen LogP contribution in [0.15, 0.2) is 18.2 Å². The summed E-state index contributed by atoms with van der Waals surface area (Å²) in [5, 5.41) is 0. The molecule has 0 aliphatic heterocycles. The summed E-state index contributed by atoms with van der Waals surface area (Å²) in [7, 11) is 0. The van der Waals surface area contributed by atoms with E-state index in [-0.39, 0.29) is 5.92 Å². The van der Waals surface area contributed by atoms with Crippen molar-refractivity contribution < 1.29 is 4.79 Å². The van der Waals surface area contributed by atoms with Crippen molar-refractivity contribution >= 4 is 5.78 Å². The normalized spacial score (nSPS) is 28.1. The molecule has 0 heterocycles. The molecule has 0 radical (unpaired) electrons. The van der Waals surface area contributed by atoms with Crippen LogP contribution in [-0.2, 0) is 0 Å². The van der Waals surface area contributed by atoms with Crippen molar-refractivity contribution in [3.63, 3.8) is 0 Å². The molecule has 1 nitrogen and oxygen atoms in total. The smallest absolute Gasteiger partial charge is 0.166 e. The van der Waals surface area contributed by atoms with Gasteiger partial charge >= 0.3 is 0 Å². The van der Waals surface area contributed by atoms with Crippen LogP contribution in [0.5, 0.6) is 0 Å². The molecule has 1 aromatic carbocycles. The van der Waals surface area contributed by atoms with E-state index in [1.54, 1.807) is 0 Å². The zero-order valence-electron chi connectivity index (χ0n) is 12.0. The fourth-order valence-electron chi connectivity index (χ4n) is 3.01. The van der Waals surface area contributed by atoms with E-state index in [4.69, 9.17) is 0 Å². The zero-order chi connectivity index (χ0) is 13.3. The van der Waals surface area contributed by atoms with Gasteiger partial charge in [-0.15, -0.1) is 0 Å². The first kappa shape index (κ1) is 13.3. The monoisotopic (exact) mass is 244 g/mol. The molecule has 18 heavy (non-hydrogen) atoms. The molecule has 0 bridgehead atoms. The Balaban J connectivity index is 2.19. The predicted molar refractivity (Wildman–Crippen MR) is 75.9 cm³/mol. The van der Waals surface area contributed by atoms with Crippen molar-refractivity contribution in [3.05, 3.63) is 34.9 Å². The summed E-state index contributed by atoms with van der Waals surface area (Å²) in [5.74, 6) is 2.07. The molecular formula is C17H24O. The molecular weight excluding hydrogens is 220 g/mol. The van der Waals surface area contributed by atoms with E-state index in [0.717, 1.165) is 29.9 Å². The van der Waals surface area contributed by atoms with Gasteiger partial charge in [-0.05, 0) is 56.6 Å². The van der Waals surface area contributed by atoms with Crippen molar-refractivity contribution in [1.29, 1.82) is 0 Å². The Bertz CT molecular complexity index is 447. The number of carbonyl (C=O) groups excluding carboxylic acids is 1. The number of rotatable bonds is 2. The third-order valence-electron chi connectivity index (χ3n) is 4.63. The van der Waals surface area contributed by atoms with Crippen LogP contribution in [0.3, 0.4) is 0 Å². The van der Waals surface area contributed by atoms with E-state index in [2.05, 4.69) is 39.0 Å². The second kappa shape index (κ2) is 5.26. The van der Waals surface area contributed by atoms with Gasteiger partial charge in [0.1, 0.15) is 0 Å². The van der Waals surface area contributed by atoms with Crippen molar-refractivity contribution in [2.75, 3.05) is 0 Å². The van der Waals surface area contributed by atoms with Crippen LogP contribution in [0.4, 0.5) is 0 Å². The summed E-state index contributed by atoms with van der Waals surface area (Å²) < 4.78 is 0. The summed E-state index contributed by atoms with van der Waals surface area (Å²) in [4.78, 5) is 12.6. The van der Waals surface area contributed by atoms with Crippen molar-refractivity contribution in [2.24, 2.45) is 17.8 Å². The number of hydrogen-bond donors (Lipinski definition) is 0. The average molecular weight is 244 g/mol. The number of carbonyl (C=O) groups is 1. The van der Waals surface area contributed by atoms with Gasteiger partial charge in [-0.3, -0.25) is 4.79 Å². The van der Waals surface area contributed by atoms with Crippen LogP contribution < -0.4 is 0 Å². The molecule has 0 aromatic heterocycles. The van der Waals surface area contributed by atoms with Gasteiger partial charge in [-0.25, -0.2) is 0 Å². The Morgan fingerprint density at radius 1 is 1.11 bits per heavy atom. The molecule has 0 saturated heterocycles. The average Bonchev–Trinajstić information content (AvgIpc) is 2.35. The minimum absolute atomic E-state index is 0.247. The van der Waals surface area contributed by atoms with Crippen LogP contribution >= 0.6 is 0 Å². The highest BCUT2D eigenvalue weighted by Crippen LogP contribution is 2.35. The Kier molecular flexibility index (Phi) is 3.89. The lowest BCUT2D eigenvalue weighted by Gasteiger charge is -2.31. The lowest BCUT2D eigenvalue weighted by molar-refractivity contribution is 0.0837. The number of benzene rings is 1. The molecule has 0 amide bonds. The van der Waals surface area contributed by atoms with Crippen LogP contribution in [-0.4, -0.2) is 5.78 Å². The quantitative estimate of drug-likeness (QED) is 0.697. The zero-order valence-corrected chi connectivity index (χ0v) is 12.0. The molecule has 98 valence electrons. The highest BCUT2D eigenvalue weighted by molar-refractivity contribution is 5.99. The first-order valence-electron chi connectivity index (χ1n) is 7.10. The molecule has 2 rings (SSSR count). The van der Waals surface area contributed by atoms with Gasteiger partial charge in [-0.2, -0.15) is 0 Å². The van der Waals surface area contributed by atoms with E-state index in [0.29, 0.717) is 11.7 Å². The molecule has 1 aliphatic carbocycles. The number of hydrogen-bond acceptors (Lipinski definition) is 1. The Morgan fingerprint density at radius 2 is 1.83 bits per heavy atom. The Labute approximate surface area is 111 Å². The van der Waals surface area contributed by atoms with Gasteiger partial charge in [0.2, 0.25) is 0 Å². The lowest BCUT2D eigenvalue weighted by Crippen LogP contribution is -2.26. The maximum Gasteiger partial charge on any atom is 0.166 e. The summed E-state index contributed by atoms with van der Waals surface area (Å²) in [6.07, 6.45) is 3.33. The third-order valence-corrected chi connectivity index (χ3v) is 4.63. The summed E-state index contributed by atoms with van der Waals surface area (Å²) in [6.45, 7) is 8.69. The maximum absolute atomic E-state index is 12.6. The molecule has 3 atom stereocenters. The van der Waals surface area contributed by atoms with Gasteiger partial charge < -0.3 is 0 Å². The fraction of sp³-hybridized carbons (Fsp3) is 0.588. The topological polar surface area (TPSA) is 17.1 Å². The SMILES string of the molecule is Cc1ccc(C)c(C(=O)C2CCC(C)C(C)C2)c1. The largest absolute Gasteiger partial charge is 0.294 e. The van der Waals surface area contributed by atoms with Crippen molar-refractivity contribution in [2.45, 2.75) is 47.0 Å². The summed E-state index contributed by atoms with van der Waals surface area (Å²) in [5.41, 5.74) is 3.25. The van der Waals surface area contributed by atoms with Gasteiger partial charge in [0, 0.05) is 11.5 Å². The minimum Gasteiger partial charge on any atom is -0.294 e. The predicted octanol–water partition coefficient (Wildman–Crippen LogP) is 4.56. The van der Waals surface area contributed by atoms with Crippen molar-refractivity contribution in [3.8, 4) is 0 Å². The molecule has 1 fully saturated rings. The number of Topliss-reactive ketones (excluding diaryl/α,β-unsaturated/α-hetero) is 1. The first-order valence-corrected chi connectivity index (χ1v) is 7.10. The van der Waals surface area contributed by atoms with E-state index in [1.807, 2.05) is 6.92 Å². The van der Waals surface area contributed by atoms with Gasteiger partial charge in [0.05, 0.1) is 0 Å². The highest BCUT2D eigenvalue weighted by atomic mass is 16.1. The van der Waals surface area contributed by atoms with Gasteiger partial charge in [0.15, 0.2) is 5.78 Å². The standard InChI is InChI=1S/C17H24O/c1-11-5-6-13(3)16(9-11)17(18)15-8-7-12(2)14(4)10-15/h5-6,9,12,14-15H,7-8,10H2,1-4H3. The highest BCUT2D eigenvalue weighted by Gasteiger charge is 2.30. The number of aryl methyl sites for hydroxylation is 2. The molecule has 1 heteroatoms. The van der Waals surface area contributed by atoms with Crippen LogP contribution in [0.1, 0.15) is 54.6 Å². The van der Waals surface area contributed by atoms with E-state index in [9.17, 15) is 4.79 Å². The van der Waals surface area contributed by atoms with Crippen LogP contribution in [0, 0.1) is 31.6 Å². The number of ketones is 1. The maximum atomic E-state index is 12.6. The molecule has 1 aliphatic rings. The molecule has 1 saturated carbocycles. The second-order valence-corrected chi connectivity index (χ2v) is 6.15. The lowest BCUT2D eigenvalue weighted by atomic mass is 9.73.